The first-order valence-corrected chi connectivity index (χ1v) is 7.31. The first-order valence-electron chi connectivity index (χ1n) is 6.14. The minimum atomic E-state index is -0.345. The molecule has 0 bridgehead atoms. The first kappa shape index (κ1) is 15.5. The van der Waals surface area contributed by atoms with Gasteiger partial charge in [0.15, 0.2) is 0 Å². The van der Waals surface area contributed by atoms with Crippen molar-refractivity contribution in [3.63, 3.8) is 0 Å². The lowest BCUT2D eigenvalue weighted by Gasteiger charge is -2.07. The maximum Gasteiger partial charge on any atom is 0.251 e. The van der Waals surface area contributed by atoms with Crippen LogP contribution in [-0.4, -0.2) is 18.4 Å². The molecule has 0 aromatic heterocycles. The molecule has 2 N–H and O–H groups in total. The normalized spacial score (nSPS) is 10.0. The minimum absolute atomic E-state index is 0.113. The summed E-state index contributed by atoms with van der Waals surface area (Å²) in [4.78, 5) is 23.6. The first-order chi connectivity index (χ1) is 10.0. The van der Waals surface area contributed by atoms with Crippen LogP contribution in [0.2, 0.25) is 5.02 Å². The van der Waals surface area contributed by atoms with Crippen LogP contribution in [0, 0.1) is 0 Å². The average molecular weight is 368 g/mol. The minimum Gasteiger partial charge on any atom is -0.343 e. The molecule has 0 aliphatic rings. The van der Waals surface area contributed by atoms with E-state index in [-0.39, 0.29) is 18.4 Å². The second-order valence-electron chi connectivity index (χ2n) is 4.25. The van der Waals surface area contributed by atoms with Crippen LogP contribution in [-0.2, 0) is 4.79 Å². The van der Waals surface area contributed by atoms with Crippen LogP contribution >= 0.6 is 27.5 Å². The Hall–Kier alpha value is -1.85. The molecule has 21 heavy (non-hydrogen) atoms. The molecule has 0 saturated heterocycles. The van der Waals surface area contributed by atoms with Crippen LogP contribution in [0.15, 0.2) is 53.0 Å². The molecule has 2 amide bonds. The van der Waals surface area contributed by atoms with E-state index in [0.717, 1.165) is 4.47 Å². The van der Waals surface area contributed by atoms with Gasteiger partial charge < -0.3 is 10.6 Å². The predicted molar refractivity (Wildman–Crippen MR) is 86.6 cm³/mol. The van der Waals surface area contributed by atoms with Crippen LogP contribution in [0.25, 0.3) is 0 Å². The maximum atomic E-state index is 11.9. The molecule has 2 aromatic carbocycles. The zero-order valence-electron chi connectivity index (χ0n) is 10.9. The summed E-state index contributed by atoms with van der Waals surface area (Å²) < 4.78 is 0.864. The van der Waals surface area contributed by atoms with Gasteiger partial charge in [-0.05, 0) is 36.4 Å². The van der Waals surface area contributed by atoms with Gasteiger partial charge in [0.1, 0.15) is 0 Å². The summed E-state index contributed by atoms with van der Waals surface area (Å²) in [6, 6.07) is 13.7. The fraction of sp³-hybridized carbons (Fsp3) is 0.0667. The third kappa shape index (κ3) is 4.88. The number of rotatable bonds is 4. The van der Waals surface area contributed by atoms with Gasteiger partial charge in [0.05, 0.1) is 6.54 Å². The molecule has 108 valence electrons. The molecule has 0 saturated carbocycles. The van der Waals surface area contributed by atoms with E-state index >= 15 is 0 Å². The van der Waals surface area contributed by atoms with E-state index in [4.69, 9.17) is 11.6 Å². The Balaban J connectivity index is 1.88. The molecule has 6 heteroatoms. The van der Waals surface area contributed by atoms with Crippen LogP contribution in [0.4, 0.5) is 5.69 Å². The third-order valence-electron chi connectivity index (χ3n) is 2.60. The fourth-order valence-electron chi connectivity index (χ4n) is 1.66. The molecule has 0 spiro atoms. The van der Waals surface area contributed by atoms with Crippen molar-refractivity contribution in [2.24, 2.45) is 0 Å². The highest BCUT2D eigenvalue weighted by molar-refractivity contribution is 9.10. The quantitative estimate of drug-likeness (QED) is 0.869. The lowest BCUT2D eigenvalue weighted by Crippen LogP contribution is -2.32. The fourth-order valence-corrected chi connectivity index (χ4v) is 2.25. The number of halogens is 2. The molecular formula is C15H12BrClN2O2. The summed E-state index contributed by atoms with van der Waals surface area (Å²) in [5.41, 5.74) is 1.07. The Bertz CT molecular complexity index is 676. The smallest absolute Gasteiger partial charge is 0.251 e. The summed E-state index contributed by atoms with van der Waals surface area (Å²) >= 11 is 9.13. The number of carbonyl (C=O) groups excluding carboxylic acids is 2. The van der Waals surface area contributed by atoms with Crippen molar-refractivity contribution in [1.29, 1.82) is 0 Å². The van der Waals surface area contributed by atoms with Gasteiger partial charge >= 0.3 is 0 Å². The van der Waals surface area contributed by atoms with Crippen molar-refractivity contribution >= 4 is 45.0 Å². The topological polar surface area (TPSA) is 58.2 Å². The average Bonchev–Trinajstić information content (AvgIpc) is 2.45. The molecule has 0 heterocycles. The second kappa shape index (κ2) is 7.24. The van der Waals surface area contributed by atoms with E-state index in [1.807, 2.05) is 12.1 Å². The van der Waals surface area contributed by atoms with E-state index in [1.165, 1.54) is 0 Å². The molecular weight excluding hydrogens is 356 g/mol. The van der Waals surface area contributed by atoms with E-state index in [2.05, 4.69) is 26.6 Å². The summed E-state index contributed by atoms with van der Waals surface area (Å²) in [5, 5.41) is 5.70. The van der Waals surface area contributed by atoms with Crippen LogP contribution in [0.3, 0.4) is 0 Å². The van der Waals surface area contributed by atoms with Crippen molar-refractivity contribution in [2.45, 2.75) is 0 Å². The molecule has 0 aliphatic carbocycles. The summed E-state index contributed by atoms with van der Waals surface area (Å²) in [6.07, 6.45) is 0. The molecule has 2 aromatic rings. The Morgan fingerprint density at radius 1 is 1.10 bits per heavy atom. The monoisotopic (exact) mass is 366 g/mol. The summed E-state index contributed by atoms with van der Waals surface area (Å²) in [5.74, 6) is -0.648. The maximum absolute atomic E-state index is 11.9. The number of amides is 2. The zero-order valence-corrected chi connectivity index (χ0v) is 13.2. The van der Waals surface area contributed by atoms with E-state index < -0.39 is 0 Å². The number of benzene rings is 2. The van der Waals surface area contributed by atoms with Gasteiger partial charge in [-0.1, -0.05) is 39.7 Å². The van der Waals surface area contributed by atoms with E-state index in [0.29, 0.717) is 16.3 Å². The van der Waals surface area contributed by atoms with Gasteiger partial charge in [0, 0.05) is 20.7 Å². The SMILES string of the molecule is O=C(CNC(=O)c1cccc(Cl)c1)Nc1cccc(Br)c1. The highest BCUT2D eigenvalue weighted by Gasteiger charge is 2.08. The lowest BCUT2D eigenvalue weighted by atomic mass is 10.2. The summed E-state index contributed by atoms with van der Waals surface area (Å²) in [7, 11) is 0. The molecule has 4 nitrogen and oxygen atoms in total. The number of anilines is 1. The Labute approximate surface area is 135 Å². The number of nitrogens with one attached hydrogen (secondary N) is 2. The molecule has 0 fully saturated rings. The van der Waals surface area contributed by atoms with Crippen LogP contribution < -0.4 is 10.6 Å². The van der Waals surface area contributed by atoms with Gasteiger partial charge in [-0.2, -0.15) is 0 Å². The van der Waals surface area contributed by atoms with Gasteiger partial charge in [-0.15, -0.1) is 0 Å². The highest BCUT2D eigenvalue weighted by Crippen LogP contribution is 2.15. The third-order valence-corrected chi connectivity index (χ3v) is 3.33. The molecule has 2 rings (SSSR count). The van der Waals surface area contributed by atoms with E-state index in [9.17, 15) is 9.59 Å². The van der Waals surface area contributed by atoms with Crippen molar-refractivity contribution in [1.82, 2.24) is 5.32 Å². The predicted octanol–water partition coefficient (Wildman–Crippen LogP) is 3.47. The van der Waals surface area contributed by atoms with Crippen molar-refractivity contribution < 1.29 is 9.59 Å². The Morgan fingerprint density at radius 3 is 2.57 bits per heavy atom. The molecule has 0 radical (unpaired) electrons. The molecule has 0 atom stereocenters. The van der Waals surface area contributed by atoms with Crippen LogP contribution in [0.1, 0.15) is 10.4 Å². The zero-order chi connectivity index (χ0) is 15.2. The van der Waals surface area contributed by atoms with Crippen molar-refractivity contribution in [2.75, 3.05) is 11.9 Å². The lowest BCUT2D eigenvalue weighted by molar-refractivity contribution is -0.115. The Kier molecular flexibility index (Phi) is 5.36. The summed E-state index contributed by atoms with van der Waals surface area (Å²) in [6.45, 7) is -0.113. The molecule has 0 unspecified atom stereocenters. The Morgan fingerprint density at radius 2 is 1.86 bits per heavy atom. The van der Waals surface area contributed by atoms with Crippen molar-refractivity contribution in [3.05, 3.63) is 63.6 Å². The van der Waals surface area contributed by atoms with E-state index in [1.54, 1.807) is 36.4 Å². The number of hydrogen-bond acceptors (Lipinski definition) is 2. The van der Waals surface area contributed by atoms with Gasteiger partial charge in [-0.3, -0.25) is 9.59 Å². The van der Waals surface area contributed by atoms with Gasteiger partial charge in [0.25, 0.3) is 5.91 Å². The number of hydrogen-bond donors (Lipinski definition) is 2. The van der Waals surface area contributed by atoms with Gasteiger partial charge in [-0.25, -0.2) is 0 Å². The van der Waals surface area contributed by atoms with Gasteiger partial charge in [0.2, 0.25) is 5.91 Å². The molecule has 0 aliphatic heterocycles. The number of carbonyl (C=O) groups is 2. The van der Waals surface area contributed by atoms with Crippen molar-refractivity contribution in [3.8, 4) is 0 Å². The van der Waals surface area contributed by atoms with Crippen LogP contribution in [0.5, 0.6) is 0 Å². The largest absolute Gasteiger partial charge is 0.343 e. The highest BCUT2D eigenvalue weighted by atomic mass is 79.9. The second-order valence-corrected chi connectivity index (χ2v) is 5.60. The standard InChI is InChI=1S/C15H12BrClN2O2/c16-11-4-2-6-13(8-11)19-14(20)9-18-15(21)10-3-1-5-12(17)7-10/h1-8H,9H2,(H,18,21)(H,19,20).